The average Bonchev–Trinajstić information content (AvgIpc) is 3.07. The Morgan fingerprint density at radius 1 is 1.18 bits per heavy atom. The summed E-state index contributed by atoms with van der Waals surface area (Å²) in [6.07, 6.45) is -6.33. The zero-order valence-electron chi connectivity index (χ0n) is 20.5. The van der Waals surface area contributed by atoms with Gasteiger partial charge < -0.3 is 19.6 Å². The second-order valence-electron chi connectivity index (χ2n) is 9.30. The van der Waals surface area contributed by atoms with Gasteiger partial charge in [0.25, 0.3) is 0 Å². The van der Waals surface area contributed by atoms with Crippen molar-refractivity contribution in [1.29, 1.82) is 0 Å². The molecule has 2 atom stereocenters. The number of halogens is 4. The van der Waals surface area contributed by atoms with Crippen LogP contribution in [0.2, 0.25) is 0 Å². The highest BCUT2D eigenvalue weighted by atomic mass is 32.2. The molecule has 2 aromatic carbocycles. The Morgan fingerprint density at radius 3 is 2.50 bits per heavy atom. The lowest BCUT2D eigenvalue weighted by Gasteiger charge is -2.40. The van der Waals surface area contributed by atoms with Crippen molar-refractivity contribution in [2.75, 3.05) is 37.4 Å². The Bertz CT molecular complexity index is 1460. The number of methoxy groups -OCH3 is 1. The van der Waals surface area contributed by atoms with Gasteiger partial charge in [-0.3, -0.25) is 4.57 Å². The highest BCUT2D eigenvalue weighted by Gasteiger charge is 2.39. The summed E-state index contributed by atoms with van der Waals surface area (Å²) in [6, 6.07) is 5.34. The lowest BCUT2D eigenvalue weighted by Crippen LogP contribution is -2.54. The van der Waals surface area contributed by atoms with Crippen LogP contribution < -0.4 is 10.6 Å². The van der Waals surface area contributed by atoms with E-state index in [0.717, 1.165) is 30.0 Å². The Labute approximate surface area is 218 Å². The number of nitrogens with zero attached hydrogens (tertiary/aromatic N) is 4. The summed E-state index contributed by atoms with van der Waals surface area (Å²) in [5.74, 6) is -0.225. The van der Waals surface area contributed by atoms with E-state index in [-0.39, 0.29) is 59.2 Å². The summed E-state index contributed by atoms with van der Waals surface area (Å²) in [7, 11) is 1.47. The van der Waals surface area contributed by atoms with E-state index in [9.17, 15) is 32.3 Å². The quantitative estimate of drug-likeness (QED) is 0.478. The van der Waals surface area contributed by atoms with E-state index in [0.29, 0.717) is 5.52 Å². The van der Waals surface area contributed by atoms with Crippen LogP contribution in [-0.4, -0.2) is 70.3 Å². The number of alkyl halides is 3. The predicted octanol–water partition coefficient (Wildman–Crippen LogP) is 4.53. The van der Waals surface area contributed by atoms with Crippen LogP contribution in [0, 0.1) is 5.82 Å². The minimum absolute atomic E-state index is 0.0765. The maximum absolute atomic E-state index is 14.6. The van der Waals surface area contributed by atoms with E-state index in [4.69, 9.17) is 4.74 Å². The number of rotatable bonds is 3. The minimum Gasteiger partial charge on any atom is -0.465 e. The van der Waals surface area contributed by atoms with Crippen LogP contribution in [0.1, 0.15) is 12.5 Å². The molecule has 202 valence electrons. The Kier molecular flexibility index (Phi) is 6.76. The molecule has 0 bridgehead atoms. The number of carboxylic acid groups (broad SMARTS) is 1. The summed E-state index contributed by atoms with van der Waals surface area (Å²) in [5.41, 5.74) is -1.25. The number of hydrogen-bond acceptors (Lipinski definition) is 6. The third-order valence-corrected chi connectivity index (χ3v) is 8.16. The van der Waals surface area contributed by atoms with Gasteiger partial charge in [-0.25, -0.2) is 14.0 Å². The van der Waals surface area contributed by atoms with Gasteiger partial charge in [-0.1, -0.05) is 12.1 Å². The minimum atomic E-state index is -4.77. The zero-order chi connectivity index (χ0) is 27.4. The first-order chi connectivity index (χ1) is 18.0. The molecule has 1 saturated heterocycles. The second kappa shape index (κ2) is 9.77. The SMILES string of the molecule is CO[C@H]1CSc2c(-c3ccc(F)cc3)c(C(F)(F)F)cc3c(N4CCN(C(=O)O)C[C@@H]4C)nc(=O)n(c23)C1. The maximum Gasteiger partial charge on any atom is 0.417 e. The molecular weight excluding hydrogens is 528 g/mol. The molecule has 13 heteroatoms. The molecule has 1 amide bonds. The van der Waals surface area contributed by atoms with Gasteiger partial charge in [-0.15, -0.1) is 11.8 Å². The van der Waals surface area contributed by atoms with E-state index in [1.165, 1.54) is 28.7 Å². The van der Waals surface area contributed by atoms with Gasteiger partial charge >= 0.3 is 18.0 Å². The molecule has 1 N–H and O–H groups in total. The molecule has 1 fully saturated rings. The first-order valence-corrected chi connectivity index (χ1v) is 12.8. The summed E-state index contributed by atoms with van der Waals surface area (Å²) in [5, 5.41) is 9.51. The van der Waals surface area contributed by atoms with Crippen LogP contribution in [0.3, 0.4) is 0 Å². The summed E-state index contributed by atoms with van der Waals surface area (Å²) < 4.78 is 64.4. The number of carbonyl (C=O) groups is 1. The fourth-order valence-corrected chi connectivity index (χ4v) is 6.39. The predicted molar refractivity (Wildman–Crippen MR) is 134 cm³/mol. The molecule has 2 aliphatic rings. The van der Waals surface area contributed by atoms with Crippen molar-refractivity contribution in [3.63, 3.8) is 0 Å². The number of hydrogen-bond donors (Lipinski definition) is 1. The highest BCUT2D eigenvalue weighted by Crippen LogP contribution is 2.48. The molecule has 3 aromatic rings. The lowest BCUT2D eigenvalue weighted by atomic mass is 9.96. The summed E-state index contributed by atoms with van der Waals surface area (Å²) in [4.78, 5) is 32.2. The first-order valence-electron chi connectivity index (χ1n) is 11.8. The Balaban J connectivity index is 1.84. The van der Waals surface area contributed by atoms with Crippen LogP contribution in [0.4, 0.5) is 28.2 Å². The summed E-state index contributed by atoms with van der Waals surface area (Å²) >= 11 is 1.15. The number of amides is 1. The Hall–Kier alpha value is -3.32. The number of thioether (sulfide) groups is 1. The molecule has 0 unspecified atom stereocenters. The van der Waals surface area contributed by atoms with E-state index in [2.05, 4.69) is 4.98 Å². The van der Waals surface area contributed by atoms with Gasteiger partial charge in [-0.2, -0.15) is 18.2 Å². The second-order valence-corrected chi connectivity index (χ2v) is 10.3. The lowest BCUT2D eigenvalue weighted by molar-refractivity contribution is -0.137. The molecule has 0 aliphatic carbocycles. The van der Waals surface area contributed by atoms with Gasteiger partial charge in [-0.05, 0) is 30.7 Å². The van der Waals surface area contributed by atoms with Crippen LogP contribution in [0.5, 0.6) is 0 Å². The standard InChI is InChI=1S/C25H24F4N4O4S/c1-13-10-31(24(35)36)7-8-32(13)22-17-9-18(25(27,28)29)19(14-3-5-15(26)6-4-14)21-20(17)33(23(34)30-22)11-16(37-2)12-38-21/h3-6,9,13,16H,7-8,10-12H2,1-2H3,(H,35,36)/t13-,16+/m0/s1. The molecule has 3 heterocycles. The highest BCUT2D eigenvalue weighted by molar-refractivity contribution is 7.99. The number of benzene rings is 2. The van der Waals surface area contributed by atoms with Gasteiger partial charge in [0.15, 0.2) is 0 Å². The van der Waals surface area contributed by atoms with Crippen molar-refractivity contribution in [3.8, 4) is 11.1 Å². The van der Waals surface area contributed by atoms with Crippen molar-refractivity contribution in [2.24, 2.45) is 0 Å². The van der Waals surface area contributed by atoms with Crippen LogP contribution in [-0.2, 0) is 17.5 Å². The molecule has 0 radical (unpaired) electrons. The molecule has 0 saturated carbocycles. The van der Waals surface area contributed by atoms with Gasteiger partial charge in [0, 0.05) is 54.4 Å². The molecule has 0 spiro atoms. The zero-order valence-corrected chi connectivity index (χ0v) is 21.3. The molecule has 38 heavy (non-hydrogen) atoms. The normalized spacial score (nSPS) is 20.1. The van der Waals surface area contributed by atoms with Crippen molar-refractivity contribution < 1.29 is 32.2 Å². The summed E-state index contributed by atoms with van der Waals surface area (Å²) in [6.45, 7) is 2.20. The van der Waals surface area contributed by atoms with Gasteiger partial charge in [0.2, 0.25) is 0 Å². The van der Waals surface area contributed by atoms with Crippen molar-refractivity contribution in [3.05, 3.63) is 52.2 Å². The van der Waals surface area contributed by atoms with E-state index in [1.54, 1.807) is 11.8 Å². The monoisotopic (exact) mass is 552 g/mol. The van der Waals surface area contributed by atoms with Crippen molar-refractivity contribution in [1.82, 2.24) is 14.5 Å². The molecule has 1 aromatic heterocycles. The van der Waals surface area contributed by atoms with Crippen molar-refractivity contribution >= 4 is 34.6 Å². The fraction of sp³-hybridized carbons (Fsp3) is 0.400. The van der Waals surface area contributed by atoms with Crippen LogP contribution in [0.15, 0.2) is 40.0 Å². The number of ether oxygens (including phenoxy) is 1. The van der Waals surface area contributed by atoms with Crippen LogP contribution in [0.25, 0.3) is 22.0 Å². The number of anilines is 1. The van der Waals surface area contributed by atoms with Crippen molar-refractivity contribution in [2.45, 2.75) is 36.7 Å². The smallest absolute Gasteiger partial charge is 0.417 e. The van der Waals surface area contributed by atoms with E-state index >= 15 is 0 Å². The average molecular weight is 553 g/mol. The first kappa shape index (κ1) is 26.3. The van der Waals surface area contributed by atoms with E-state index < -0.39 is 41.5 Å². The molecule has 5 rings (SSSR count). The maximum atomic E-state index is 14.6. The number of piperazine rings is 1. The Morgan fingerprint density at radius 2 is 1.89 bits per heavy atom. The van der Waals surface area contributed by atoms with Gasteiger partial charge in [0.1, 0.15) is 11.6 Å². The fourth-order valence-electron chi connectivity index (χ4n) is 5.07. The van der Waals surface area contributed by atoms with E-state index in [1.807, 2.05) is 0 Å². The third kappa shape index (κ3) is 4.57. The van der Waals surface area contributed by atoms with Crippen LogP contribution >= 0.6 is 11.8 Å². The molecule has 2 aliphatic heterocycles. The van der Waals surface area contributed by atoms with Gasteiger partial charge in [0.05, 0.1) is 23.7 Å². The third-order valence-electron chi connectivity index (χ3n) is 6.94. The molecule has 8 nitrogen and oxygen atoms in total. The topological polar surface area (TPSA) is 87.9 Å². The largest absolute Gasteiger partial charge is 0.465 e. The molecular formula is C25H24F4N4O4S. The number of aromatic nitrogens is 2.